The number of sulfonamides is 1. The highest BCUT2D eigenvalue weighted by atomic mass is 32.2. The molecule has 0 aromatic carbocycles. The number of ether oxygens (including phenoxy) is 1. The molecule has 2 bridgehead atoms. The third-order valence-corrected chi connectivity index (χ3v) is 5.40. The van der Waals surface area contributed by atoms with Crippen molar-refractivity contribution in [3.63, 3.8) is 0 Å². The monoisotopic (exact) mass is 284 g/mol. The van der Waals surface area contributed by atoms with Crippen molar-refractivity contribution < 1.29 is 13.2 Å². The molecule has 2 aliphatic heterocycles. The molecule has 0 radical (unpaired) electrons. The van der Waals surface area contributed by atoms with Crippen LogP contribution in [0.1, 0.15) is 12.8 Å². The van der Waals surface area contributed by atoms with E-state index in [1.165, 1.54) is 16.6 Å². The average Bonchev–Trinajstić information content (AvgIpc) is 2.77. The van der Waals surface area contributed by atoms with Crippen molar-refractivity contribution >= 4 is 15.8 Å². The number of nitrogens with two attached hydrogens (primary N) is 1. The quantitative estimate of drug-likeness (QED) is 0.595. The van der Waals surface area contributed by atoms with Crippen LogP contribution in [0.2, 0.25) is 0 Å². The number of nitrogens with one attached hydrogen (secondary N) is 1. The molecule has 0 spiro atoms. The molecule has 2 unspecified atom stereocenters. The van der Waals surface area contributed by atoms with Gasteiger partial charge in [-0.2, -0.15) is 4.31 Å². The van der Waals surface area contributed by atoms with Crippen molar-refractivity contribution in [3.05, 3.63) is 18.3 Å². The van der Waals surface area contributed by atoms with E-state index in [9.17, 15) is 8.42 Å². The largest absolute Gasteiger partial charge is 0.372 e. The minimum Gasteiger partial charge on any atom is -0.372 e. The fraction of sp³-hybridized carbons (Fsp3) is 0.545. The van der Waals surface area contributed by atoms with Crippen LogP contribution in [0, 0.1) is 0 Å². The first-order valence-corrected chi connectivity index (χ1v) is 7.62. The molecule has 7 nitrogen and oxygen atoms in total. The molecule has 2 saturated heterocycles. The van der Waals surface area contributed by atoms with E-state index in [1.807, 2.05) is 0 Å². The summed E-state index contributed by atoms with van der Waals surface area (Å²) in [4.78, 5) is 4.05. The molecule has 1 aromatic heterocycles. The number of hydrogen-bond donors (Lipinski definition) is 2. The third kappa shape index (κ3) is 2.20. The van der Waals surface area contributed by atoms with Crippen LogP contribution in [0.4, 0.5) is 5.82 Å². The van der Waals surface area contributed by atoms with Crippen LogP contribution in [-0.4, -0.2) is 43.0 Å². The first-order valence-electron chi connectivity index (χ1n) is 6.18. The molecule has 2 fully saturated rings. The molecule has 3 rings (SSSR count). The van der Waals surface area contributed by atoms with Crippen LogP contribution in [0.15, 0.2) is 23.2 Å². The normalized spacial score (nSPS) is 27.4. The van der Waals surface area contributed by atoms with Crippen LogP contribution in [0.3, 0.4) is 0 Å². The summed E-state index contributed by atoms with van der Waals surface area (Å²) < 4.78 is 32.4. The van der Waals surface area contributed by atoms with Gasteiger partial charge >= 0.3 is 0 Å². The van der Waals surface area contributed by atoms with Crippen LogP contribution in [-0.2, 0) is 14.8 Å². The second-order valence-electron chi connectivity index (χ2n) is 4.77. The molecule has 0 saturated carbocycles. The number of aromatic nitrogens is 1. The van der Waals surface area contributed by atoms with Gasteiger partial charge in [0.15, 0.2) is 5.82 Å². The van der Waals surface area contributed by atoms with Crippen molar-refractivity contribution in [1.29, 1.82) is 0 Å². The van der Waals surface area contributed by atoms with Crippen molar-refractivity contribution in [3.8, 4) is 0 Å². The van der Waals surface area contributed by atoms with Gasteiger partial charge in [0.05, 0.1) is 12.2 Å². The summed E-state index contributed by atoms with van der Waals surface area (Å²) in [7, 11) is -3.58. The van der Waals surface area contributed by atoms with Crippen molar-refractivity contribution in [2.45, 2.75) is 29.9 Å². The number of hydrazine groups is 1. The molecular weight excluding hydrogens is 268 g/mol. The number of fused-ring (bicyclic) bond motifs is 2. The van der Waals surface area contributed by atoms with Crippen LogP contribution in [0.5, 0.6) is 0 Å². The lowest BCUT2D eigenvalue weighted by Gasteiger charge is -2.31. The molecule has 104 valence electrons. The van der Waals surface area contributed by atoms with E-state index in [0.29, 0.717) is 13.1 Å². The van der Waals surface area contributed by atoms with E-state index in [2.05, 4.69) is 10.4 Å². The number of morpholine rings is 1. The number of rotatable bonds is 3. The summed E-state index contributed by atoms with van der Waals surface area (Å²) in [6, 6.07) is 3.09. The Morgan fingerprint density at radius 3 is 2.68 bits per heavy atom. The number of pyridine rings is 1. The van der Waals surface area contributed by atoms with Gasteiger partial charge in [-0.1, -0.05) is 0 Å². The summed E-state index contributed by atoms with van der Waals surface area (Å²) in [5.74, 6) is 5.49. The zero-order valence-corrected chi connectivity index (χ0v) is 11.1. The Labute approximate surface area is 111 Å². The zero-order valence-electron chi connectivity index (χ0n) is 10.3. The Kier molecular flexibility index (Phi) is 3.17. The molecular formula is C11H16N4O3S. The van der Waals surface area contributed by atoms with Gasteiger partial charge < -0.3 is 10.2 Å². The fourth-order valence-corrected chi connectivity index (χ4v) is 4.23. The predicted molar refractivity (Wildman–Crippen MR) is 68.7 cm³/mol. The Balaban J connectivity index is 1.94. The number of anilines is 1. The highest BCUT2D eigenvalue weighted by molar-refractivity contribution is 7.89. The lowest BCUT2D eigenvalue weighted by atomic mass is 10.2. The first kappa shape index (κ1) is 12.8. The van der Waals surface area contributed by atoms with Gasteiger partial charge in [0, 0.05) is 19.3 Å². The Hall–Kier alpha value is -1.22. The van der Waals surface area contributed by atoms with Crippen molar-refractivity contribution in [1.82, 2.24) is 9.29 Å². The Morgan fingerprint density at radius 1 is 1.37 bits per heavy atom. The van der Waals surface area contributed by atoms with E-state index < -0.39 is 10.0 Å². The summed E-state index contributed by atoms with van der Waals surface area (Å²) in [6.45, 7) is 0.801. The van der Waals surface area contributed by atoms with Gasteiger partial charge in [0.2, 0.25) is 10.0 Å². The highest BCUT2D eigenvalue weighted by Gasteiger charge is 2.40. The second-order valence-corrected chi connectivity index (χ2v) is 6.68. The van der Waals surface area contributed by atoms with Crippen molar-refractivity contribution in [2.24, 2.45) is 5.84 Å². The number of hydrogen-bond acceptors (Lipinski definition) is 6. The SMILES string of the molecule is NNc1ncccc1S(=O)(=O)N1CC2CCC(C1)O2. The molecule has 2 aliphatic rings. The number of nitrogen functional groups attached to an aromatic ring is 1. The molecule has 2 atom stereocenters. The molecule has 8 heteroatoms. The zero-order chi connectivity index (χ0) is 13.5. The van der Waals surface area contributed by atoms with Gasteiger partial charge in [0.1, 0.15) is 4.90 Å². The maximum atomic E-state index is 12.6. The first-order chi connectivity index (χ1) is 9.11. The third-order valence-electron chi connectivity index (χ3n) is 3.54. The average molecular weight is 284 g/mol. The maximum absolute atomic E-state index is 12.6. The van der Waals surface area contributed by atoms with E-state index in [4.69, 9.17) is 10.6 Å². The van der Waals surface area contributed by atoms with Crippen LogP contribution < -0.4 is 11.3 Å². The van der Waals surface area contributed by atoms with E-state index in [-0.39, 0.29) is 22.9 Å². The van der Waals surface area contributed by atoms with E-state index >= 15 is 0 Å². The lowest BCUT2D eigenvalue weighted by molar-refractivity contribution is -0.0114. The van der Waals surface area contributed by atoms with Gasteiger partial charge in [-0.25, -0.2) is 19.2 Å². The minimum absolute atomic E-state index is 0.0134. The second kappa shape index (κ2) is 4.71. The van der Waals surface area contributed by atoms with Gasteiger partial charge in [-0.05, 0) is 25.0 Å². The summed E-state index contributed by atoms with van der Waals surface area (Å²) in [5, 5.41) is 0. The lowest BCUT2D eigenvalue weighted by Crippen LogP contribution is -2.45. The van der Waals surface area contributed by atoms with Crippen LogP contribution >= 0.6 is 0 Å². The topological polar surface area (TPSA) is 97.5 Å². The predicted octanol–water partition coefficient (Wildman–Crippen LogP) is -0.0809. The van der Waals surface area contributed by atoms with Gasteiger partial charge in [-0.3, -0.25) is 0 Å². The molecule has 3 heterocycles. The minimum atomic E-state index is -3.58. The standard InChI is InChI=1S/C11H16N4O3S/c12-14-11-10(2-1-5-13-11)19(16,17)15-6-8-3-4-9(7-15)18-8/h1-2,5,8-9H,3-4,6-7,12H2,(H,13,14). The van der Waals surface area contributed by atoms with Crippen LogP contribution in [0.25, 0.3) is 0 Å². The smallest absolute Gasteiger partial charge is 0.246 e. The molecule has 1 aromatic rings. The number of nitrogens with zero attached hydrogens (tertiary/aromatic N) is 2. The Morgan fingerprint density at radius 2 is 2.05 bits per heavy atom. The highest BCUT2D eigenvalue weighted by Crippen LogP contribution is 2.31. The van der Waals surface area contributed by atoms with Gasteiger partial charge in [0.25, 0.3) is 0 Å². The molecule has 19 heavy (non-hydrogen) atoms. The van der Waals surface area contributed by atoms with E-state index in [1.54, 1.807) is 6.07 Å². The molecule has 0 aliphatic carbocycles. The molecule has 3 N–H and O–H groups in total. The summed E-state index contributed by atoms with van der Waals surface area (Å²) in [6.07, 6.45) is 3.37. The van der Waals surface area contributed by atoms with E-state index in [0.717, 1.165) is 12.8 Å². The Bertz CT molecular complexity index is 565. The maximum Gasteiger partial charge on any atom is 0.246 e. The summed E-state index contributed by atoms with van der Waals surface area (Å²) >= 11 is 0. The summed E-state index contributed by atoms with van der Waals surface area (Å²) in [5.41, 5.74) is 2.33. The van der Waals surface area contributed by atoms with Gasteiger partial charge in [-0.15, -0.1) is 0 Å². The van der Waals surface area contributed by atoms with Crippen molar-refractivity contribution in [2.75, 3.05) is 18.5 Å². The molecule has 0 amide bonds. The fourth-order valence-electron chi connectivity index (χ4n) is 2.62.